The van der Waals surface area contributed by atoms with Gasteiger partial charge in [-0.2, -0.15) is 0 Å². The van der Waals surface area contributed by atoms with Crippen molar-refractivity contribution in [2.24, 2.45) is 0 Å². The number of cyclic esters (lactones) is 1. The molecule has 1 atom stereocenters. The number of fused-ring (bicyclic) bond motifs is 5. The van der Waals surface area contributed by atoms with E-state index in [1.807, 2.05) is 36.6 Å². The first kappa shape index (κ1) is 34.6. The van der Waals surface area contributed by atoms with E-state index in [0.717, 1.165) is 53.4 Å². The molecule has 49 heavy (non-hydrogen) atoms. The maximum absolute atomic E-state index is 14.1. The van der Waals surface area contributed by atoms with E-state index in [-0.39, 0.29) is 31.2 Å². The first-order chi connectivity index (χ1) is 23.6. The third kappa shape index (κ3) is 6.80. The number of thiophene rings is 1. The molecule has 0 N–H and O–H groups in total. The summed E-state index contributed by atoms with van der Waals surface area (Å²) < 4.78 is 23.7. The van der Waals surface area contributed by atoms with Gasteiger partial charge >= 0.3 is 18.1 Å². The van der Waals surface area contributed by atoms with Gasteiger partial charge in [-0.15, -0.1) is 11.3 Å². The second-order valence-electron chi connectivity index (χ2n) is 13.4. The van der Waals surface area contributed by atoms with Gasteiger partial charge < -0.3 is 23.5 Å². The number of ether oxygens (including phenoxy) is 4. The molecule has 0 radical (unpaired) electrons. The highest BCUT2D eigenvalue weighted by atomic mass is 32.1. The fourth-order valence-electron chi connectivity index (χ4n) is 6.80. The highest BCUT2D eigenvalue weighted by Gasteiger charge is 2.51. The number of nitrogens with zero attached hydrogens (tertiary/aromatic N) is 2. The Balaban J connectivity index is 1.29. The summed E-state index contributed by atoms with van der Waals surface area (Å²) in [4.78, 5) is 58.1. The van der Waals surface area contributed by atoms with Crippen molar-refractivity contribution in [2.75, 3.05) is 13.2 Å². The number of aromatic nitrogens is 2. The maximum Gasteiger partial charge on any atom is 0.509 e. The van der Waals surface area contributed by atoms with Crippen LogP contribution in [-0.2, 0) is 48.9 Å². The van der Waals surface area contributed by atoms with Crippen LogP contribution in [0.4, 0.5) is 4.79 Å². The summed E-state index contributed by atoms with van der Waals surface area (Å²) in [5.41, 5.74) is 2.78. The minimum absolute atomic E-state index is 0.0702. The standard InChI is InChI=1S/C37H42N2O8SSi/c1-5-7-16-45-36(43)47-37(6-2)28-21-30-32-26(22-39(30)33(40)27(28)23-46-35(37)42)24(25-12-8-9-13-29(25)38-32)15-20-49(3,4)19-11-17-44-34(41)31-14-10-18-48-31/h8-10,12-14,18,21H,5-7,11,15-17,19-20,22-23H2,1-4H3/t37-/m0/s1. The Bertz CT molecular complexity index is 1950. The molecule has 3 aromatic heterocycles. The molecule has 10 nitrogen and oxygen atoms in total. The lowest BCUT2D eigenvalue weighted by Gasteiger charge is -2.35. The highest BCUT2D eigenvalue weighted by Crippen LogP contribution is 2.42. The fourth-order valence-corrected chi connectivity index (χ4v) is 9.69. The summed E-state index contributed by atoms with van der Waals surface area (Å²) in [5, 5.41) is 2.92. The molecule has 2 aliphatic rings. The molecule has 0 saturated carbocycles. The Morgan fingerprint density at radius 3 is 2.57 bits per heavy atom. The first-order valence-corrected chi connectivity index (χ1v) is 21.3. The van der Waals surface area contributed by atoms with Gasteiger partial charge in [-0.05, 0) is 54.8 Å². The van der Waals surface area contributed by atoms with Gasteiger partial charge in [0.1, 0.15) is 11.5 Å². The van der Waals surface area contributed by atoms with E-state index in [0.29, 0.717) is 47.0 Å². The van der Waals surface area contributed by atoms with E-state index in [9.17, 15) is 19.2 Å². The summed E-state index contributed by atoms with van der Waals surface area (Å²) in [5.74, 6) is -0.992. The number of pyridine rings is 2. The van der Waals surface area contributed by atoms with Crippen LogP contribution in [0.1, 0.15) is 71.5 Å². The summed E-state index contributed by atoms with van der Waals surface area (Å²) in [6, 6.07) is 15.4. The summed E-state index contributed by atoms with van der Waals surface area (Å²) in [6.07, 6.45) is 2.21. The van der Waals surface area contributed by atoms with E-state index in [4.69, 9.17) is 23.9 Å². The van der Waals surface area contributed by atoms with Crippen LogP contribution in [0.5, 0.6) is 0 Å². The summed E-state index contributed by atoms with van der Waals surface area (Å²) in [6.45, 7) is 9.12. The first-order valence-electron chi connectivity index (χ1n) is 17.0. The van der Waals surface area contributed by atoms with Crippen molar-refractivity contribution in [3.05, 3.63) is 85.3 Å². The van der Waals surface area contributed by atoms with Gasteiger partial charge in [0, 0.05) is 24.6 Å². The number of benzene rings is 1. The Hall–Kier alpha value is -4.29. The minimum atomic E-state index is -1.80. The Morgan fingerprint density at radius 1 is 1.02 bits per heavy atom. The average Bonchev–Trinajstić information content (AvgIpc) is 3.76. The lowest BCUT2D eigenvalue weighted by atomic mass is 9.85. The number of hydrogen-bond donors (Lipinski definition) is 0. The monoisotopic (exact) mass is 702 g/mol. The van der Waals surface area contributed by atoms with Gasteiger partial charge in [-0.25, -0.2) is 19.4 Å². The normalized spacial score (nSPS) is 16.4. The Labute approximate surface area is 290 Å². The predicted octanol–water partition coefficient (Wildman–Crippen LogP) is 7.60. The minimum Gasteiger partial charge on any atom is -0.462 e. The van der Waals surface area contributed by atoms with E-state index in [2.05, 4.69) is 19.2 Å². The molecule has 0 aliphatic carbocycles. The number of hydrogen-bond acceptors (Lipinski definition) is 10. The molecule has 0 amide bonds. The van der Waals surface area contributed by atoms with Crippen LogP contribution in [-0.4, -0.2) is 48.9 Å². The predicted molar refractivity (Wildman–Crippen MR) is 190 cm³/mol. The number of esters is 2. The second kappa shape index (κ2) is 14.3. The van der Waals surface area contributed by atoms with Crippen molar-refractivity contribution in [2.45, 2.75) is 89.9 Å². The molecule has 6 rings (SSSR count). The summed E-state index contributed by atoms with van der Waals surface area (Å²) in [7, 11) is -1.71. The third-order valence-corrected chi connectivity index (χ3v) is 13.8. The number of unbranched alkanes of at least 4 members (excludes halogenated alkanes) is 1. The van der Waals surface area contributed by atoms with E-state index in [1.165, 1.54) is 11.3 Å². The number of aryl methyl sites for hydroxylation is 1. The highest BCUT2D eigenvalue weighted by molar-refractivity contribution is 7.11. The third-order valence-electron chi connectivity index (χ3n) is 9.66. The van der Waals surface area contributed by atoms with Gasteiger partial charge in [0.15, 0.2) is 0 Å². The number of rotatable bonds is 13. The van der Waals surface area contributed by atoms with Crippen LogP contribution in [0.15, 0.2) is 52.6 Å². The van der Waals surface area contributed by atoms with Crippen LogP contribution in [0.25, 0.3) is 22.3 Å². The van der Waals surface area contributed by atoms with Crippen LogP contribution in [0.3, 0.4) is 0 Å². The smallest absolute Gasteiger partial charge is 0.462 e. The molecule has 0 saturated heterocycles. The molecular formula is C37H42N2O8SSi. The molecule has 0 bridgehead atoms. The second-order valence-corrected chi connectivity index (χ2v) is 19.7. The van der Waals surface area contributed by atoms with Crippen LogP contribution < -0.4 is 5.56 Å². The zero-order valence-corrected chi connectivity index (χ0v) is 30.3. The Kier molecular flexibility index (Phi) is 10.1. The molecule has 0 unspecified atom stereocenters. The van der Waals surface area contributed by atoms with E-state index < -0.39 is 25.8 Å². The van der Waals surface area contributed by atoms with Crippen LogP contribution in [0.2, 0.25) is 25.2 Å². The van der Waals surface area contributed by atoms with Gasteiger partial charge in [-0.3, -0.25) is 4.79 Å². The van der Waals surface area contributed by atoms with Gasteiger partial charge in [0.25, 0.3) is 5.56 Å². The van der Waals surface area contributed by atoms with Gasteiger partial charge in [-0.1, -0.05) is 69.7 Å². The SMILES string of the molecule is CCCCOC(=O)O[C@]1(CC)C(=O)OCc2c1cc1n(c2=O)Cc2c-1nc1ccccc1c2CC[Si](C)(C)CCCOC(=O)c1cccs1. The molecule has 258 valence electrons. The molecule has 4 aromatic rings. The van der Waals surface area contributed by atoms with Crippen molar-refractivity contribution in [3.8, 4) is 11.4 Å². The largest absolute Gasteiger partial charge is 0.509 e. The lowest BCUT2D eigenvalue weighted by Crippen LogP contribution is -2.47. The molecule has 1 aromatic carbocycles. The van der Waals surface area contributed by atoms with Gasteiger partial charge in [0.2, 0.25) is 5.60 Å². The van der Waals surface area contributed by atoms with E-state index >= 15 is 0 Å². The molecular weight excluding hydrogens is 661 g/mol. The molecule has 2 aliphatic heterocycles. The van der Waals surface area contributed by atoms with Crippen molar-refractivity contribution < 1.29 is 33.3 Å². The number of carbonyl (C=O) groups is 3. The molecule has 5 heterocycles. The quantitative estimate of drug-likeness (QED) is 0.0528. The number of para-hydroxylation sites is 1. The molecule has 0 spiro atoms. The fraction of sp³-hybridized carbons (Fsp3) is 0.432. The average molecular weight is 703 g/mol. The zero-order valence-electron chi connectivity index (χ0n) is 28.5. The Morgan fingerprint density at radius 2 is 1.82 bits per heavy atom. The van der Waals surface area contributed by atoms with Crippen LogP contribution >= 0.6 is 11.3 Å². The topological polar surface area (TPSA) is 123 Å². The van der Waals surface area contributed by atoms with Crippen LogP contribution in [0, 0.1) is 0 Å². The van der Waals surface area contributed by atoms with Crippen molar-refractivity contribution >= 4 is 48.4 Å². The molecule has 0 fully saturated rings. The zero-order chi connectivity index (χ0) is 34.8. The maximum atomic E-state index is 14.1. The molecule has 12 heteroatoms. The van der Waals surface area contributed by atoms with E-state index in [1.54, 1.807) is 23.6 Å². The van der Waals surface area contributed by atoms with Gasteiger partial charge in [0.05, 0.1) is 42.2 Å². The van der Waals surface area contributed by atoms with Crippen molar-refractivity contribution in [3.63, 3.8) is 0 Å². The summed E-state index contributed by atoms with van der Waals surface area (Å²) >= 11 is 1.38. The van der Waals surface area contributed by atoms with Crippen molar-refractivity contribution in [1.82, 2.24) is 9.55 Å². The number of carbonyl (C=O) groups excluding carboxylic acids is 3. The van der Waals surface area contributed by atoms with Crippen molar-refractivity contribution in [1.29, 1.82) is 0 Å². The lowest BCUT2D eigenvalue weighted by molar-refractivity contribution is -0.175.